The fourth-order valence-corrected chi connectivity index (χ4v) is 7.25. The highest BCUT2D eigenvalue weighted by Gasteiger charge is 2.51. The number of aromatic hydroxyl groups is 1. The summed E-state index contributed by atoms with van der Waals surface area (Å²) in [5, 5.41) is 25.3. The normalized spacial score (nSPS) is 27.3. The van der Waals surface area contributed by atoms with E-state index in [1.807, 2.05) is 0 Å². The number of carbonyl (C=O) groups is 1. The lowest BCUT2D eigenvalue weighted by Gasteiger charge is -2.56. The number of fused-ring (bicyclic) bond motifs is 3. The van der Waals surface area contributed by atoms with Gasteiger partial charge in [-0.1, -0.05) is 0 Å². The van der Waals surface area contributed by atoms with Crippen LogP contribution in [-0.2, 0) is 0 Å². The van der Waals surface area contributed by atoms with Crippen LogP contribution in [0.5, 0.6) is 5.88 Å². The van der Waals surface area contributed by atoms with Gasteiger partial charge in [0, 0.05) is 36.5 Å². The zero-order valence-corrected chi connectivity index (χ0v) is 19.3. The molecule has 4 saturated carbocycles. The fourth-order valence-electron chi connectivity index (χ4n) is 7.25. The molecule has 10 heteroatoms. The predicted molar refractivity (Wildman–Crippen MR) is 129 cm³/mol. The number of carbonyl (C=O) groups excluding carboxylic acids is 1. The first kappa shape index (κ1) is 20.8. The molecule has 4 aliphatic carbocycles. The third kappa shape index (κ3) is 2.82. The quantitative estimate of drug-likeness (QED) is 0.454. The molecule has 6 N–H and O–H groups in total. The lowest BCUT2D eigenvalue weighted by atomic mass is 9.53. The van der Waals surface area contributed by atoms with Crippen LogP contribution >= 0.6 is 0 Å². The molecule has 0 spiro atoms. The Hall–Kier alpha value is -3.74. The maximum absolute atomic E-state index is 13.6. The summed E-state index contributed by atoms with van der Waals surface area (Å²) in [6, 6.07) is 3.22. The number of rotatable bonds is 2. The molecule has 0 atom stereocenters. The molecule has 34 heavy (non-hydrogen) atoms. The minimum Gasteiger partial charge on any atom is -0.494 e. The molecule has 0 unspecified atom stereocenters. The van der Waals surface area contributed by atoms with Crippen molar-refractivity contribution in [1.29, 1.82) is 5.26 Å². The predicted octanol–water partition coefficient (Wildman–Crippen LogP) is 2.92. The van der Waals surface area contributed by atoms with E-state index >= 15 is 0 Å². The summed E-state index contributed by atoms with van der Waals surface area (Å²) in [5.41, 5.74) is 12.7. The first-order chi connectivity index (χ1) is 16.2. The number of hydrogen-bond acceptors (Lipinski definition) is 8. The van der Waals surface area contributed by atoms with Gasteiger partial charge >= 0.3 is 6.03 Å². The van der Waals surface area contributed by atoms with Crippen LogP contribution in [0, 0.1) is 29.1 Å². The van der Waals surface area contributed by atoms with Gasteiger partial charge in [0.05, 0.1) is 5.39 Å². The Bertz CT molecular complexity index is 1380. The molecule has 4 bridgehead atoms. The number of anilines is 3. The lowest BCUT2D eigenvalue weighted by Crippen LogP contribution is -2.60. The van der Waals surface area contributed by atoms with Crippen molar-refractivity contribution >= 4 is 45.3 Å². The average molecular weight is 461 g/mol. The summed E-state index contributed by atoms with van der Waals surface area (Å²) < 4.78 is 1.16. The van der Waals surface area contributed by atoms with Crippen LogP contribution < -0.4 is 21.7 Å². The molecule has 4 aliphatic rings. The van der Waals surface area contributed by atoms with Crippen molar-refractivity contribution in [2.75, 3.05) is 30.5 Å². The van der Waals surface area contributed by atoms with E-state index in [1.165, 1.54) is 25.3 Å². The molecule has 176 valence electrons. The smallest absolute Gasteiger partial charge is 0.330 e. The van der Waals surface area contributed by atoms with E-state index in [2.05, 4.69) is 21.4 Å². The molecule has 7 rings (SSSR count). The number of nitriles is 1. The Balaban J connectivity index is 1.51. The number of hydrogen-bond donors (Lipinski definition) is 4. The van der Waals surface area contributed by atoms with E-state index in [1.54, 1.807) is 19.0 Å². The summed E-state index contributed by atoms with van der Waals surface area (Å²) in [4.78, 5) is 24.0. The standard InChI is InChI=1S/C24H28N8O2/c1-31(2)21-15(10-25)17-14-6-16(33)32(22(14)29-20(27)18(17)19(26)28-21)23(34)30-24-7-11-3-12(8-24)5-13(4-11)9-24/h6,11-13,33H,3-5,7-9H2,1-2H3,(H2,26,28)(H2,27,29)(H,30,34). The molecule has 3 aromatic heterocycles. The molecule has 0 aliphatic heterocycles. The number of aromatic nitrogens is 3. The van der Waals surface area contributed by atoms with Gasteiger partial charge < -0.3 is 26.8 Å². The van der Waals surface area contributed by atoms with Crippen molar-refractivity contribution in [2.45, 2.75) is 44.1 Å². The molecule has 0 saturated heterocycles. The van der Waals surface area contributed by atoms with Gasteiger partial charge in [0.15, 0.2) is 5.65 Å². The molecule has 1 amide bonds. The number of nitrogens with one attached hydrogen (secondary N) is 1. The van der Waals surface area contributed by atoms with Crippen molar-refractivity contribution in [1.82, 2.24) is 19.9 Å². The number of nitrogen functional groups attached to an aromatic ring is 2. The molecule has 4 fully saturated rings. The van der Waals surface area contributed by atoms with Crippen LogP contribution in [-0.4, -0.2) is 45.3 Å². The summed E-state index contributed by atoms with van der Waals surface area (Å²) in [6.07, 6.45) is 6.73. The highest BCUT2D eigenvalue weighted by atomic mass is 16.3. The van der Waals surface area contributed by atoms with E-state index in [-0.39, 0.29) is 34.3 Å². The highest BCUT2D eigenvalue weighted by molar-refractivity contribution is 6.18. The molecular weight excluding hydrogens is 432 g/mol. The third-order valence-electron chi connectivity index (χ3n) is 8.06. The van der Waals surface area contributed by atoms with Crippen molar-refractivity contribution in [2.24, 2.45) is 17.8 Å². The number of nitrogens with zero attached hydrogens (tertiary/aromatic N) is 5. The van der Waals surface area contributed by atoms with Gasteiger partial charge in [0.25, 0.3) is 0 Å². The van der Waals surface area contributed by atoms with Gasteiger partial charge in [-0.25, -0.2) is 19.3 Å². The van der Waals surface area contributed by atoms with E-state index < -0.39 is 6.03 Å². The molecular formula is C24H28N8O2. The largest absolute Gasteiger partial charge is 0.494 e. The number of amides is 1. The topological polar surface area (TPSA) is 159 Å². The van der Waals surface area contributed by atoms with E-state index in [0.717, 1.165) is 23.8 Å². The Morgan fingerprint density at radius 2 is 1.74 bits per heavy atom. The van der Waals surface area contributed by atoms with Crippen molar-refractivity contribution < 1.29 is 9.90 Å². The van der Waals surface area contributed by atoms with Crippen molar-refractivity contribution in [3.8, 4) is 11.9 Å². The maximum Gasteiger partial charge on any atom is 0.330 e. The zero-order chi connectivity index (χ0) is 23.9. The minimum absolute atomic E-state index is 0.0521. The van der Waals surface area contributed by atoms with Crippen LogP contribution in [0.1, 0.15) is 44.1 Å². The molecule has 0 radical (unpaired) electrons. The molecule has 10 nitrogen and oxygen atoms in total. The fraction of sp³-hybridized carbons (Fsp3) is 0.500. The minimum atomic E-state index is -0.422. The number of pyridine rings is 2. The van der Waals surface area contributed by atoms with E-state index in [9.17, 15) is 15.2 Å². The second kappa shape index (κ2) is 6.88. The monoisotopic (exact) mass is 460 g/mol. The van der Waals surface area contributed by atoms with Crippen LogP contribution in [0.4, 0.5) is 22.2 Å². The van der Waals surface area contributed by atoms with Gasteiger partial charge in [-0.05, 0) is 56.3 Å². The summed E-state index contributed by atoms with van der Waals surface area (Å²) >= 11 is 0. The van der Waals surface area contributed by atoms with Crippen LogP contribution in [0.15, 0.2) is 6.07 Å². The third-order valence-corrected chi connectivity index (χ3v) is 8.06. The Labute approximate surface area is 196 Å². The van der Waals surface area contributed by atoms with Crippen LogP contribution in [0.2, 0.25) is 0 Å². The molecule has 3 heterocycles. The summed E-state index contributed by atoms with van der Waals surface area (Å²) in [6.45, 7) is 0. The van der Waals surface area contributed by atoms with Crippen LogP contribution in [0.25, 0.3) is 21.8 Å². The highest BCUT2D eigenvalue weighted by Crippen LogP contribution is 2.55. The summed E-state index contributed by atoms with van der Waals surface area (Å²) in [7, 11) is 3.52. The second-order valence-electron chi connectivity index (χ2n) is 10.7. The molecule has 0 aromatic carbocycles. The van der Waals surface area contributed by atoms with Crippen molar-refractivity contribution in [3.63, 3.8) is 0 Å². The van der Waals surface area contributed by atoms with Gasteiger partial charge in [0.2, 0.25) is 5.88 Å². The average Bonchev–Trinajstić information content (AvgIpc) is 3.07. The van der Waals surface area contributed by atoms with Gasteiger partial charge in [0.1, 0.15) is 29.1 Å². The maximum atomic E-state index is 13.6. The number of nitrogens with two attached hydrogens (primary N) is 2. The zero-order valence-electron chi connectivity index (χ0n) is 19.3. The van der Waals surface area contributed by atoms with Gasteiger partial charge in [-0.2, -0.15) is 5.26 Å². The lowest BCUT2D eigenvalue weighted by molar-refractivity contribution is -0.0134. The Morgan fingerprint density at radius 1 is 1.15 bits per heavy atom. The van der Waals surface area contributed by atoms with Gasteiger partial charge in [-0.3, -0.25) is 0 Å². The molecule has 3 aromatic rings. The van der Waals surface area contributed by atoms with E-state index in [0.29, 0.717) is 39.7 Å². The SMILES string of the molecule is CN(C)c1nc(N)c2c(N)nc3c(cc(O)n3C(=O)NC34CC5CC(CC(C5)C3)C4)c2c1C#N. The van der Waals surface area contributed by atoms with Crippen molar-refractivity contribution in [3.05, 3.63) is 11.6 Å². The second-order valence-corrected chi connectivity index (χ2v) is 10.7. The Morgan fingerprint density at radius 3 is 2.29 bits per heavy atom. The first-order valence-electron chi connectivity index (χ1n) is 11.7. The van der Waals surface area contributed by atoms with E-state index in [4.69, 9.17) is 11.5 Å². The van der Waals surface area contributed by atoms with Crippen LogP contribution in [0.3, 0.4) is 0 Å². The van der Waals surface area contributed by atoms with Gasteiger partial charge in [-0.15, -0.1) is 0 Å². The first-order valence-corrected chi connectivity index (χ1v) is 11.7. The Kier molecular flexibility index (Phi) is 4.22. The summed E-state index contributed by atoms with van der Waals surface area (Å²) in [5.74, 6) is 2.30.